The minimum absolute atomic E-state index is 0.127. The van der Waals surface area contributed by atoms with Crippen molar-refractivity contribution in [2.45, 2.75) is 46.5 Å². The van der Waals surface area contributed by atoms with Gasteiger partial charge in [0.25, 0.3) is 0 Å². The first-order chi connectivity index (χ1) is 26.3. The van der Waals surface area contributed by atoms with Crippen LogP contribution in [0.15, 0.2) is 174 Å². The van der Waals surface area contributed by atoms with E-state index < -0.39 is 0 Å². The van der Waals surface area contributed by atoms with Crippen LogP contribution in [0.25, 0.3) is 0 Å². The van der Waals surface area contributed by atoms with Gasteiger partial charge in [-0.3, -0.25) is 9.98 Å². The smallest absolute Gasteiger partial charge is 0.0849 e. The van der Waals surface area contributed by atoms with E-state index in [1.54, 1.807) is 0 Å². The van der Waals surface area contributed by atoms with Crippen LogP contribution in [0.3, 0.4) is 0 Å². The first kappa shape index (κ1) is 36.5. The number of aromatic nitrogens is 1. The number of aliphatic imine (C=N–C) groups is 2. The molecule has 0 bridgehead atoms. The van der Waals surface area contributed by atoms with Crippen LogP contribution in [0, 0.1) is 20.8 Å². The Labute approximate surface area is 324 Å². The van der Waals surface area contributed by atoms with Gasteiger partial charge in [-0.15, -0.1) is 0 Å². The van der Waals surface area contributed by atoms with Crippen LogP contribution in [0.4, 0.5) is 11.4 Å². The molecule has 0 radical (unpaired) electrons. The molecule has 1 heterocycles. The third kappa shape index (κ3) is 8.02. The van der Waals surface area contributed by atoms with Crippen molar-refractivity contribution in [1.29, 1.82) is 0 Å². The van der Waals surface area contributed by atoms with Crippen LogP contribution < -0.4 is 0 Å². The van der Waals surface area contributed by atoms with Crippen molar-refractivity contribution in [3.05, 3.63) is 230 Å². The van der Waals surface area contributed by atoms with E-state index in [1.807, 2.05) is 25.1 Å². The molecule has 0 spiro atoms. The Kier molecular flexibility index (Phi) is 11.1. The minimum atomic E-state index is -0.127. The van der Waals surface area contributed by atoms with Crippen LogP contribution in [-0.4, -0.2) is 16.4 Å². The van der Waals surface area contributed by atoms with Gasteiger partial charge < -0.3 is 0 Å². The van der Waals surface area contributed by atoms with Gasteiger partial charge in [-0.2, -0.15) is 0 Å². The Bertz CT molecular complexity index is 2230. The van der Waals surface area contributed by atoms with Crippen molar-refractivity contribution in [3.8, 4) is 0 Å². The van der Waals surface area contributed by atoms with Crippen molar-refractivity contribution < 1.29 is 0 Å². The fourth-order valence-electron chi connectivity index (χ4n) is 7.53. The number of rotatable bonds is 10. The second kappa shape index (κ2) is 16.4. The molecule has 4 heteroatoms. The number of aryl methyl sites for hydroxylation is 3. The van der Waals surface area contributed by atoms with E-state index in [9.17, 15) is 0 Å². The predicted molar refractivity (Wildman–Crippen MR) is 228 cm³/mol. The highest BCUT2D eigenvalue weighted by atomic mass is 35.5. The van der Waals surface area contributed by atoms with Gasteiger partial charge in [0.2, 0.25) is 0 Å². The molecular weight excluding hydrogens is 678 g/mol. The molecule has 7 rings (SSSR count). The molecule has 3 nitrogen and oxygen atoms in total. The molecule has 54 heavy (non-hydrogen) atoms. The average molecular weight is 722 g/mol. The Morgan fingerprint density at radius 2 is 0.815 bits per heavy atom. The topological polar surface area (TPSA) is 37.6 Å². The quantitative estimate of drug-likeness (QED) is 0.102. The SMILES string of the molecule is CC(=Nc1c(C)cc(C)cc1C)c1cccc(C(C)=Nc2c(C(c3ccccc3)c3ccccc3)cc(Cl)cc2C(c2ccccc2)c2ccccc2)n1. The van der Waals surface area contributed by atoms with Crippen molar-refractivity contribution in [3.63, 3.8) is 0 Å². The fraction of sp³-hybridized carbons (Fsp3) is 0.140. The van der Waals surface area contributed by atoms with Crippen molar-refractivity contribution in [2.75, 3.05) is 0 Å². The molecule has 266 valence electrons. The van der Waals surface area contributed by atoms with E-state index in [0.29, 0.717) is 5.02 Å². The summed E-state index contributed by atoms with van der Waals surface area (Å²) in [4.78, 5) is 15.8. The second-order valence-corrected chi connectivity index (χ2v) is 14.4. The predicted octanol–water partition coefficient (Wildman–Crippen LogP) is 13.3. The fourth-order valence-corrected chi connectivity index (χ4v) is 7.77. The van der Waals surface area contributed by atoms with Crippen LogP contribution in [0.2, 0.25) is 5.02 Å². The Hall–Kier alpha value is -5.90. The summed E-state index contributed by atoms with van der Waals surface area (Å²) in [6, 6.07) is 57.2. The van der Waals surface area contributed by atoms with Gasteiger partial charge in [0.05, 0.1) is 34.2 Å². The number of benzene rings is 6. The third-order valence-corrected chi connectivity index (χ3v) is 10.2. The van der Waals surface area contributed by atoms with E-state index in [0.717, 1.165) is 78.7 Å². The molecule has 0 amide bonds. The monoisotopic (exact) mass is 721 g/mol. The molecule has 6 aromatic carbocycles. The number of hydrogen-bond donors (Lipinski definition) is 0. The van der Waals surface area contributed by atoms with Gasteiger partial charge in [0, 0.05) is 16.9 Å². The first-order valence-corrected chi connectivity index (χ1v) is 18.8. The Morgan fingerprint density at radius 3 is 1.19 bits per heavy atom. The standard InChI is InChI=1S/C50H44ClN3/c1-33-29-34(2)49(35(3)30-33)52-36(4)45-27-18-28-46(54-45)37(5)53-50-43(47(38-19-10-6-11-20-38)39-21-12-7-13-22-39)31-42(51)32-44(50)48(40-23-14-8-15-24-40)41-25-16-9-17-26-41/h6-32,47-48H,1-5H3. The lowest BCUT2D eigenvalue weighted by atomic mass is 9.79. The van der Waals surface area contributed by atoms with Crippen LogP contribution in [0.1, 0.15) is 87.1 Å². The third-order valence-electron chi connectivity index (χ3n) is 9.97. The zero-order valence-electron chi connectivity index (χ0n) is 31.5. The Balaban J connectivity index is 1.46. The highest BCUT2D eigenvalue weighted by molar-refractivity contribution is 6.31. The summed E-state index contributed by atoms with van der Waals surface area (Å²) in [6.07, 6.45) is 0. The van der Waals surface area contributed by atoms with Gasteiger partial charge in [-0.1, -0.05) is 157 Å². The van der Waals surface area contributed by atoms with Crippen LogP contribution >= 0.6 is 11.6 Å². The highest BCUT2D eigenvalue weighted by Crippen LogP contribution is 2.46. The van der Waals surface area contributed by atoms with Crippen LogP contribution in [0.5, 0.6) is 0 Å². The molecule has 1 aromatic heterocycles. The van der Waals surface area contributed by atoms with E-state index in [2.05, 4.69) is 173 Å². The maximum Gasteiger partial charge on any atom is 0.0849 e. The molecule has 0 N–H and O–H groups in total. The summed E-state index contributed by atoms with van der Waals surface area (Å²) in [7, 11) is 0. The van der Waals surface area contributed by atoms with Crippen LogP contribution in [-0.2, 0) is 0 Å². The molecule has 0 saturated carbocycles. The van der Waals surface area contributed by atoms with Crippen molar-refractivity contribution in [1.82, 2.24) is 4.98 Å². The molecule has 7 aromatic rings. The van der Waals surface area contributed by atoms with Crippen molar-refractivity contribution in [2.24, 2.45) is 9.98 Å². The summed E-state index contributed by atoms with van der Waals surface area (Å²) in [5.74, 6) is -0.253. The molecule has 0 aliphatic heterocycles. The van der Waals surface area contributed by atoms with Gasteiger partial charge in [-0.25, -0.2) is 4.98 Å². The Morgan fingerprint density at radius 1 is 0.463 bits per heavy atom. The molecule has 0 unspecified atom stereocenters. The maximum absolute atomic E-state index is 7.19. The molecular formula is C50H44ClN3. The van der Waals surface area contributed by atoms with Gasteiger partial charge in [0.1, 0.15) is 0 Å². The van der Waals surface area contributed by atoms with Crippen molar-refractivity contribution >= 4 is 34.4 Å². The van der Waals surface area contributed by atoms with E-state index in [1.165, 1.54) is 5.56 Å². The lowest BCUT2D eigenvalue weighted by Crippen LogP contribution is -2.10. The number of hydrogen-bond acceptors (Lipinski definition) is 3. The maximum atomic E-state index is 7.19. The molecule has 0 fully saturated rings. The summed E-state index contributed by atoms with van der Waals surface area (Å²) in [5, 5.41) is 0.666. The minimum Gasteiger partial charge on any atom is -0.251 e. The highest BCUT2D eigenvalue weighted by Gasteiger charge is 2.28. The summed E-state index contributed by atoms with van der Waals surface area (Å²) in [6.45, 7) is 10.4. The lowest BCUT2D eigenvalue weighted by Gasteiger charge is -2.27. The van der Waals surface area contributed by atoms with E-state index in [4.69, 9.17) is 26.6 Å². The van der Waals surface area contributed by atoms with Gasteiger partial charge in [0.15, 0.2) is 0 Å². The summed E-state index contributed by atoms with van der Waals surface area (Å²) >= 11 is 7.19. The van der Waals surface area contributed by atoms with Gasteiger partial charge in [-0.05, 0) is 103 Å². The number of pyridine rings is 1. The molecule has 0 aliphatic rings. The molecule has 0 aliphatic carbocycles. The average Bonchev–Trinajstić information content (AvgIpc) is 3.19. The van der Waals surface area contributed by atoms with E-state index >= 15 is 0 Å². The largest absolute Gasteiger partial charge is 0.251 e. The lowest BCUT2D eigenvalue weighted by molar-refractivity contribution is 0.938. The number of halogens is 1. The zero-order chi connectivity index (χ0) is 37.6. The number of nitrogens with zero attached hydrogens (tertiary/aromatic N) is 3. The normalized spacial score (nSPS) is 12.1. The summed E-state index contributed by atoms with van der Waals surface area (Å²) < 4.78 is 0. The second-order valence-electron chi connectivity index (χ2n) is 14.0. The zero-order valence-corrected chi connectivity index (χ0v) is 32.2. The molecule has 0 atom stereocenters. The van der Waals surface area contributed by atoms with E-state index in [-0.39, 0.29) is 11.8 Å². The summed E-state index contributed by atoms with van der Waals surface area (Å²) in [5.41, 5.74) is 15.4. The molecule has 0 saturated heterocycles. The first-order valence-electron chi connectivity index (χ1n) is 18.5. The van der Waals surface area contributed by atoms with Gasteiger partial charge >= 0.3 is 0 Å².